The highest BCUT2D eigenvalue weighted by molar-refractivity contribution is 7.99. The number of aromatic nitrogens is 1. The van der Waals surface area contributed by atoms with Crippen molar-refractivity contribution in [2.24, 2.45) is 5.92 Å². The first-order chi connectivity index (χ1) is 8.79. The summed E-state index contributed by atoms with van der Waals surface area (Å²) >= 11 is 1.76. The number of pyridine rings is 1. The van der Waals surface area contributed by atoms with Crippen LogP contribution in [-0.2, 0) is 4.79 Å². The van der Waals surface area contributed by atoms with Crippen molar-refractivity contribution >= 4 is 17.7 Å². The zero-order chi connectivity index (χ0) is 12.8. The molecule has 1 aliphatic rings. The number of nitrogens with one attached hydrogen (secondary N) is 1. The average molecular weight is 264 g/mol. The molecule has 0 aromatic carbocycles. The van der Waals surface area contributed by atoms with Crippen molar-refractivity contribution in [2.45, 2.75) is 32.2 Å². The first-order valence-corrected chi connectivity index (χ1v) is 7.72. The highest BCUT2D eigenvalue weighted by atomic mass is 32.2. The molecule has 1 heterocycles. The number of hydrogen-bond acceptors (Lipinski definition) is 3. The summed E-state index contributed by atoms with van der Waals surface area (Å²) in [6.07, 6.45) is 7.15. The van der Waals surface area contributed by atoms with Gasteiger partial charge in [-0.05, 0) is 48.6 Å². The maximum absolute atomic E-state index is 11.8. The fraction of sp³-hybridized carbons (Fsp3) is 0.571. The minimum Gasteiger partial charge on any atom is -0.349 e. The predicted octanol–water partition coefficient (Wildman–Crippen LogP) is 2.79. The second-order valence-electron chi connectivity index (χ2n) is 4.77. The van der Waals surface area contributed by atoms with Gasteiger partial charge in [-0.1, -0.05) is 6.92 Å². The Balaban J connectivity index is 1.76. The van der Waals surface area contributed by atoms with Crippen LogP contribution in [0.1, 0.15) is 37.8 Å². The van der Waals surface area contributed by atoms with Crippen LogP contribution in [0.25, 0.3) is 0 Å². The fourth-order valence-electron chi connectivity index (χ4n) is 1.86. The molecule has 1 aromatic rings. The average Bonchev–Trinajstić information content (AvgIpc) is 3.21. The number of amides is 1. The lowest BCUT2D eigenvalue weighted by atomic mass is 10.1. The van der Waals surface area contributed by atoms with Gasteiger partial charge in [-0.3, -0.25) is 9.78 Å². The van der Waals surface area contributed by atoms with Crippen molar-refractivity contribution in [1.82, 2.24) is 10.3 Å². The van der Waals surface area contributed by atoms with Gasteiger partial charge < -0.3 is 5.32 Å². The SMILES string of the molecule is CC[C@@H](NC(=O)CSCC1CC1)c1ccncc1. The van der Waals surface area contributed by atoms with E-state index in [4.69, 9.17) is 0 Å². The molecular formula is C14H20N2OS. The van der Waals surface area contributed by atoms with Crippen molar-refractivity contribution in [3.8, 4) is 0 Å². The zero-order valence-corrected chi connectivity index (χ0v) is 11.6. The van der Waals surface area contributed by atoms with Gasteiger partial charge in [0.25, 0.3) is 0 Å². The molecule has 1 saturated carbocycles. The van der Waals surface area contributed by atoms with Crippen LogP contribution in [-0.4, -0.2) is 22.4 Å². The quantitative estimate of drug-likeness (QED) is 0.823. The Morgan fingerprint density at radius 2 is 2.22 bits per heavy atom. The van der Waals surface area contributed by atoms with Crippen molar-refractivity contribution in [1.29, 1.82) is 0 Å². The first-order valence-electron chi connectivity index (χ1n) is 6.56. The molecule has 1 amide bonds. The summed E-state index contributed by atoms with van der Waals surface area (Å²) in [7, 11) is 0. The summed E-state index contributed by atoms with van der Waals surface area (Å²) in [5.41, 5.74) is 1.13. The Bertz CT molecular complexity index is 379. The summed E-state index contributed by atoms with van der Waals surface area (Å²) in [4.78, 5) is 15.8. The molecule has 0 bridgehead atoms. The van der Waals surface area contributed by atoms with Crippen LogP contribution in [0.15, 0.2) is 24.5 Å². The maximum atomic E-state index is 11.8. The molecule has 0 radical (unpaired) electrons. The van der Waals surface area contributed by atoms with Crippen LogP contribution in [0.4, 0.5) is 0 Å². The highest BCUT2D eigenvalue weighted by Gasteiger charge is 2.21. The lowest BCUT2D eigenvalue weighted by Crippen LogP contribution is -2.29. The highest BCUT2D eigenvalue weighted by Crippen LogP contribution is 2.32. The van der Waals surface area contributed by atoms with E-state index in [0.29, 0.717) is 5.75 Å². The normalized spacial score (nSPS) is 16.3. The predicted molar refractivity (Wildman–Crippen MR) is 75.5 cm³/mol. The molecule has 18 heavy (non-hydrogen) atoms. The Labute approximate surface area is 113 Å². The molecule has 0 aliphatic heterocycles. The van der Waals surface area contributed by atoms with Crippen LogP contribution >= 0.6 is 11.8 Å². The lowest BCUT2D eigenvalue weighted by molar-refractivity contribution is -0.119. The number of rotatable bonds is 7. The second kappa shape index (κ2) is 6.78. The van der Waals surface area contributed by atoms with E-state index in [1.807, 2.05) is 12.1 Å². The van der Waals surface area contributed by atoms with Crippen LogP contribution in [0.5, 0.6) is 0 Å². The molecule has 1 fully saturated rings. The van der Waals surface area contributed by atoms with Crippen LogP contribution in [0.3, 0.4) is 0 Å². The summed E-state index contributed by atoms with van der Waals surface area (Å²) in [5.74, 6) is 2.74. The molecule has 0 unspecified atom stereocenters. The smallest absolute Gasteiger partial charge is 0.230 e. The van der Waals surface area contributed by atoms with E-state index in [0.717, 1.165) is 23.7 Å². The molecule has 1 aromatic heterocycles. The summed E-state index contributed by atoms with van der Waals surface area (Å²) in [5, 5.41) is 3.09. The zero-order valence-electron chi connectivity index (χ0n) is 10.8. The maximum Gasteiger partial charge on any atom is 0.230 e. The molecule has 2 rings (SSSR count). The lowest BCUT2D eigenvalue weighted by Gasteiger charge is -2.17. The second-order valence-corrected chi connectivity index (χ2v) is 5.80. The standard InChI is InChI=1S/C14H20N2OS/c1-2-13(12-5-7-15-8-6-12)16-14(17)10-18-9-11-3-4-11/h5-8,11,13H,2-4,9-10H2,1H3,(H,16,17)/t13-/m1/s1. The van der Waals surface area contributed by atoms with E-state index in [9.17, 15) is 4.79 Å². The molecular weight excluding hydrogens is 244 g/mol. The van der Waals surface area contributed by atoms with Gasteiger partial charge in [-0.15, -0.1) is 0 Å². The Morgan fingerprint density at radius 3 is 2.83 bits per heavy atom. The Morgan fingerprint density at radius 1 is 1.50 bits per heavy atom. The minimum absolute atomic E-state index is 0.113. The van der Waals surface area contributed by atoms with E-state index >= 15 is 0 Å². The third kappa shape index (κ3) is 4.33. The van der Waals surface area contributed by atoms with Crippen LogP contribution < -0.4 is 5.32 Å². The van der Waals surface area contributed by atoms with Gasteiger partial charge in [0.1, 0.15) is 0 Å². The monoisotopic (exact) mass is 264 g/mol. The number of thioether (sulfide) groups is 1. The topological polar surface area (TPSA) is 42.0 Å². The van der Waals surface area contributed by atoms with E-state index in [1.165, 1.54) is 12.8 Å². The molecule has 0 saturated heterocycles. The van der Waals surface area contributed by atoms with Gasteiger partial charge in [-0.25, -0.2) is 0 Å². The fourth-order valence-corrected chi connectivity index (χ4v) is 2.91. The van der Waals surface area contributed by atoms with Gasteiger partial charge in [0.2, 0.25) is 5.91 Å². The van der Waals surface area contributed by atoms with Gasteiger partial charge >= 0.3 is 0 Å². The largest absolute Gasteiger partial charge is 0.349 e. The summed E-state index contributed by atoms with van der Waals surface area (Å²) in [6.45, 7) is 2.09. The molecule has 3 nitrogen and oxygen atoms in total. The molecule has 1 aliphatic carbocycles. The van der Waals surface area contributed by atoms with E-state index < -0.39 is 0 Å². The van der Waals surface area contributed by atoms with Gasteiger partial charge in [0.05, 0.1) is 11.8 Å². The third-order valence-corrected chi connectivity index (χ3v) is 4.31. The number of carbonyl (C=O) groups excluding carboxylic acids is 1. The van der Waals surface area contributed by atoms with Crippen molar-refractivity contribution in [2.75, 3.05) is 11.5 Å². The third-order valence-electron chi connectivity index (χ3n) is 3.14. The van der Waals surface area contributed by atoms with Gasteiger partial charge in [0.15, 0.2) is 0 Å². The molecule has 1 atom stereocenters. The first kappa shape index (κ1) is 13.4. The Hall–Kier alpha value is -1.03. The van der Waals surface area contributed by atoms with Crippen LogP contribution in [0, 0.1) is 5.92 Å². The van der Waals surface area contributed by atoms with Gasteiger partial charge in [-0.2, -0.15) is 11.8 Å². The molecule has 98 valence electrons. The van der Waals surface area contributed by atoms with Crippen molar-refractivity contribution < 1.29 is 4.79 Å². The Kier molecular flexibility index (Phi) is 5.05. The number of carbonyl (C=O) groups is 1. The van der Waals surface area contributed by atoms with E-state index in [-0.39, 0.29) is 11.9 Å². The van der Waals surface area contributed by atoms with Crippen LogP contribution in [0.2, 0.25) is 0 Å². The van der Waals surface area contributed by atoms with Crippen molar-refractivity contribution in [3.63, 3.8) is 0 Å². The molecule has 1 N–H and O–H groups in total. The van der Waals surface area contributed by atoms with E-state index in [2.05, 4.69) is 17.2 Å². The van der Waals surface area contributed by atoms with Gasteiger partial charge in [0, 0.05) is 12.4 Å². The molecule has 4 heteroatoms. The number of nitrogens with zero attached hydrogens (tertiary/aromatic N) is 1. The summed E-state index contributed by atoms with van der Waals surface area (Å²) in [6, 6.07) is 4.04. The number of hydrogen-bond donors (Lipinski definition) is 1. The van der Waals surface area contributed by atoms with Crippen molar-refractivity contribution in [3.05, 3.63) is 30.1 Å². The summed E-state index contributed by atoms with van der Waals surface area (Å²) < 4.78 is 0. The molecule has 0 spiro atoms. The minimum atomic E-state index is 0.113. The van der Waals surface area contributed by atoms with E-state index in [1.54, 1.807) is 24.2 Å².